The lowest BCUT2D eigenvalue weighted by molar-refractivity contribution is 0.288. The van der Waals surface area contributed by atoms with Crippen molar-refractivity contribution in [3.8, 4) is 0 Å². The molecule has 1 rings (SSSR count). The number of likely N-dealkylation sites (N-methyl/N-ethyl adjacent to an activating group) is 1. The number of rotatable bonds is 6. The topological polar surface area (TPSA) is 15.3 Å². The van der Waals surface area contributed by atoms with E-state index in [9.17, 15) is 0 Å². The van der Waals surface area contributed by atoms with Crippen LogP contribution in [0.25, 0.3) is 0 Å². The van der Waals surface area contributed by atoms with Crippen molar-refractivity contribution in [3.63, 3.8) is 0 Å². The van der Waals surface area contributed by atoms with Crippen molar-refractivity contribution in [1.29, 1.82) is 0 Å². The number of nitrogens with one attached hydrogen (secondary N) is 1. The number of thiophene rings is 1. The lowest BCUT2D eigenvalue weighted by atomic mass is 10.0. The van der Waals surface area contributed by atoms with Crippen LogP contribution in [0.1, 0.15) is 29.2 Å². The fourth-order valence-corrected chi connectivity index (χ4v) is 2.95. The molecular weight excluding hydrogens is 228 g/mol. The van der Waals surface area contributed by atoms with Gasteiger partial charge in [0.15, 0.2) is 0 Å². The zero-order valence-electron chi connectivity index (χ0n) is 12.0. The Labute approximate surface area is 110 Å². The quantitative estimate of drug-likeness (QED) is 0.839. The van der Waals surface area contributed by atoms with Gasteiger partial charge in [-0.25, -0.2) is 0 Å². The van der Waals surface area contributed by atoms with Crippen molar-refractivity contribution < 1.29 is 0 Å². The number of hydrogen-bond acceptors (Lipinski definition) is 3. The Balaban J connectivity index is 2.54. The molecule has 1 aromatic rings. The molecule has 0 aromatic carbocycles. The highest BCUT2D eigenvalue weighted by Gasteiger charge is 2.14. The average Bonchev–Trinajstić information content (AvgIpc) is 2.51. The van der Waals surface area contributed by atoms with Crippen molar-refractivity contribution in [2.45, 2.75) is 40.3 Å². The number of nitrogens with zero attached hydrogens (tertiary/aromatic N) is 1. The molecule has 1 atom stereocenters. The van der Waals surface area contributed by atoms with Crippen molar-refractivity contribution in [2.24, 2.45) is 5.92 Å². The van der Waals surface area contributed by atoms with Crippen LogP contribution in [-0.4, -0.2) is 31.6 Å². The summed E-state index contributed by atoms with van der Waals surface area (Å²) in [6, 6.07) is 2.87. The van der Waals surface area contributed by atoms with Crippen LogP contribution >= 0.6 is 11.3 Å². The first-order valence-electron chi connectivity index (χ1n) is 6.34. The molecule has 0 bridgehead atoms. The minimum absolute atomic E-state index is 0.560. The molecule has 2 nitrogen and oxygen atoms in total. The largest absolute Gasteiger partial charge is 0.308 e. The van der Waals surface area contributed by atoms with Gasteiger partial charge in [0.25, 0.3) is 0 Å². The van der Waals surface area contributed by atoms with Crippen molar-refractivity contribution >= 4 is 11.3 Å². The minimum Gasteiger partial charge on any atom is -0.308 e. The van der Waals surface area contributed by atoms with Gasteiger partial charge in [-0.05, 0) is 45.5 Å². The maximum Gasteiger partial charge on any atom is 0.0220 e. The molecule has 0 saturated carbocycles. The summed E-state index contributed by atoms with van der Waals surface area (Å²) < 4.78 is 0. The lowest BCUT2D eigenvalue weighted by Gasteiger charge is -2.25. The highest BCUT2D eigenvalue weighted by molar-refractivity contribution is 7.12. The average molecular weight is 254 g/mol. The van der Waals surface area contributed by atoms with Crippen molar-refractivity contribution in [2.75, 3.05) is 20.6 Å². The maximum absolute atomic E-state index is 3.69. The number of hydrogen-bond donors (Lipinski definition) is 1. The predicted octanol–water partition coefficient (Wildman–Crippen LogP) is 3.04. The third-order valence-electron chi connectivity index (χ3n) is 3.07. The van der Waals surface area contributed by atoms with Crippen molar-refractivity contribution in [1.82, 2.24) is 10.2 Å². The van der Waals surface area contributed by atoms with E-state index in [1.165, 1.54) is 15.3 Å². The first-order chi connectivity index (χ1) is 7.90. The van der Waals surface area contributed by atoms with Gasteiger partial charge >= 0.3 is 0 Å². The summed E-state index contributed by atoms with van der Waals surface area (Å²) in [5.41, 5.74) is 1.46. The van der Waals surface area contributed by atoms with Crippen LogP contribution < -0.4 is 5.32 Å². The van der Waals surface area contributed by atoms with Gasteiger partial charge in [0.05, 0.1) is 0 Å². The molecule has 1 unspecified atom stereocenters. The summed E-state index contributed by atoms with van der Waals surface area (Å²) >= 11 is 1.89. The fourth-order valence-electron chi connectivity index (χ4n) is 2.00. The molecular formula is C14H26N2S. The van der Waals surface area contributed by atoms with Crippen LogP contribution in [0.3, 0.4) is 0 Å². The second kappa shape index (κ2) is 6.53. The Hall–Kier alpha value is -0.380. The van der Waals surface area contributed by atoms with Gasteiger partial charge in [-0.1, -0.05) is 13.8 Å². The molecule has 0 amide bonds. The highest BCUT2D eigenvalue weighted by Crippen LogP contribution is 2.20. The highest BCUT2D eigenvalue weighted by atomic mass is 32.1. The van der Waals surface area contributed by atoms with Gasteiger partial charge < -0.3 is 10.2 Å². The molecule has 0 saturated heterocycles. The Morgan fingerprint density at radius 3 is 2.35 bits per heavy atom. The van der Waals surface area contributed by atoms with Crippen LogP contribution in [0.4, 0.5) is 0 Å². The van der Waals surface area contributed by atoms with Gasteiger partial charge in [0.2, 0.25) is 0 Å². The Morgan fingerprint density at radius 2 is 1.94 bits per heavy atom. The van der Waals surface area contributed by atoms with Gasteiger partial charge in [0, 0.05) is 28.9 Å². The molecule has 0 spiro atoms. The standard InChI is InChI=1S/C14H26N2S/c1-10(2)14(9-16(5)6)15-8-13-7-11(3)17-12(13)4/h7,10,14-15H,8-9H2,1-6H3. The van der Waals surface area contributed by atoms with E-state index < -0.39 is 0 Å². The smallest absolute Gasteiger partial charge is 0.0220 e. The van der Waals surface area contributed by atoms with Gasteiger partial charge in [-0.15, -0.1) is 11.3 Å². The third-order valence-corrected chi connectivity index (χ3v) is 4.07. The third kappa shape index (κ3) is 4.78. The molecule has 1 heterocycles. The van der Waals surface area contributed by atoms with Crippen LogP contribution in [-0.2, 0) is 6.54 Å². The molecule has 17 heavy (non-hydrogen) atoms. The van der Waals surface area contributed by atoms with Crippen LogP contribution in [0.15, 0.2) is 6.07 Å². The fraction of sp³-hybridized carbons (Fsp3) is 0.714. The summed E-state index contributed by atoms with van der Waals surface area (Å²) in [5.74, 6) is 0.664. The van der Waals surface area contributed by atoms with E-state index >= 15 is 0 Å². The first-order valence-corrected chi connectivity index (χ1v) is 7.15. The lowest BCUT2D eigenvalue weighted by Crippen LogP contribution is -2.41. The van der Waals surface area contributed by atoms with Gasteiger partial charge in [-0.3, -0.25) is 0 Å². The maximum atomic E-state index is 3.69. The van der Waals surface area contributed by atoms with Crippen LogP contribution in [0, 0.1) is 19.8 Å². The Morgan fingerprint density at radius 1 is 1.29 bits per heavy atom. The summed E-state index contributed by atoms with van der Waals surface area (Å²) in [5, 5.41) is 3.69. The summed E-state index contributed by atoms with van der Waals surface area (Å²) in [6.07, 6.45) is 0. The van der Waals surface area contributed by atoms with Crippen LogP contribution in [0.2, 0.25) is 0 Å². The molecule has 0 aliphatic heterocycles. The van der Waals surface area contributed by atoms with E-state index in [1.807, 2.05) is 11.3 Å². The van der Waals surface area contributed by atoms with E-state index in [0.717, 1.165) is 13.1 Å². The molecule has 98 valence electrons. The monoisotopic (exact) mass is 254 g/mol. The second-order valence-corrected chi connectivity index (χ2v) is 6.89. The number of aryl methyl sites for hydroxylation is 2. The summed E-state index contributed by atoms with van der Waals surface area (Å²) in [6.45, 7) is 11.1. The minimum atomic E-state index is 0.560. The van der Waals surface area contributed by atoms with E-state index in [0.29, 0.717) is 12.0 Å². The Kier molecular flexibility index (Phi) is 5.63. The molecule has 0 fully saturated rings. The van der Waals surface area contributed by atoms with Gasteiger partial charge in [0.1, 0.15) is 0 Å². The predicted molar refractivity (Wildman–Crippen MR) is 77.8 cm³/mol. The molecule has 0 aliphatic carbocycles. The second-order valence-electron chi connectivity index (χ2n) is 5.43. The van der Waals surface area contributed by atoms with Crippen molar-refractivity contribution in [3.05, 3.63) is 21.4 Å². The van der Waals surface area contributed by atoms with E-state index in [4.69, 9.17) is 0 Å². The molecule has 0 aliphatic rings. The Bertz CT molecular complexity index is 342. The van der Waals surface area contributed by atoms with E-state index in [2.05, 4.69) is 58.1 Å². The molecule has 3 heteroatoms. The van der Waals surface area contributed by atoms with Crippen LogP contribution in [0.5, 0.6) is 0 Å². The molecule has 1 aromatic heterocycles. The summed E-state index contributed by atoms with van der Waals surface area (Å²) in [4.78, 5) is 5.11. The zero-order chi connectivity index (χ0) is 13.0. The first kappa shape index (κ1) is 14.7. The summed E-state index contributed by atoms with van der Waals surface area (Å²) in [7, 11) is 4.27. The van der Waals surface area contributed by atoms with Gasteiger partial charge in [-0.2, -0.15) is 0 Å². The normalized spacial score (nSPS) is 13.6. The zero-order valence-corrected chi connectivity index (χ0v) is 12.8. The SMILES string of the molecule is Cc1cc(CNC(CN(C)C)C(C)C)c(C)s1. The molecule has 1 N–H and O–H groups in total. The van der Waals surface area contributed by atoms with E-state index in [1.54, 1.807) is 0 Å². The molecule has 0 radical (unpaired) electrons. The van der Waals surface area contributed by atoms with E-state index in [-0.39, 0.29) is 0 Å².